The first-order valence-corrected chi connectivity index (χ1v) is 8.25. The molecule has 0 aliphatic carbocycles. The van der Waals surface area contributed by atoms with E-state index in [1.807, 2.05) is 0 Å². The molecular formula is C10H13ClN4O5S. The van der Waals surface area contributed by atoms with Crippen LogP contribution in [0.15, 0.2) is 6.20 Å². The van der Waals surface area contributed by atoms with Crippen LogP contribution in [0.3, 0.4) is 0 Å². The molecule has 0 bridgehead atoms. The molecule has 1 saturated heterocycles. The van der Waals surface area contributed by atoms with Gasteiger partial charge in [0.25, 0.3) is 0 Å². The van der Waals surface area contributed by atoms with E-state index in [2.05, 4.69) is 15.6 Å². The lowest BCUT2D eigenvalue weighted by Crippen LogP contribution is -2.42. The molecule has 1 aliphatic rings. The summed E-state index contributed by atoms with van der Waals surface area (Å²) < 4.78 is 23.9. The van der Waals surface area contributed by atoms with Gasteiger partial charge in [0.2, 0.25) is 5.91 Å². The van der Waals surface area contributed by atoms with Gasteiger partial charge in [-0.05, 0) is 0 Å². The van der Waals surface area contributed by atoms with Crippen molar-refractivity contribution in [2.75, 3.05) is 11.5 Å². The van der Waals surface area contributed by atoms with Gasteiger partial charge in [0, 0.05) is 6.20 Å². The van der Waals surface area contributed by atoms with Crippen molar-refractivity contribution < 1.29 is 23.1 Å². The van der Waals surface area contributed by atoms with E-state index in [1.54, 1.807) is 0 Å². The summed E-state index contributed by atoms with van der Waals surface area (Å²) in [5.41, 5.74) is 0.231. The third kappa shape index (κ3) is 4.39. The van der Waals surface area contributed by atoms with E-state index < -0.39 is 33.1 Å². The molecule has 2 atom stereocenters. The number of nitrogens with zero attached hydrogens (tertiary/aromatic N) is 3. The second kappa shape index (κ2) is 5.98. The van der Waals surface area contributed by atoms with Crippen molar-refractivity contribution in [1.29, 1.82) is 0 Å². The molecule has 1 amide bonds. The maximum absolute atomic E-state index is 11.8. The van der Waals surface area contributed by atoms with E-state index in [9.17, 15) is 18.0 Å². The van der Waals surface area contributed by atoms with Gasteiger partial charge in [-0.1, -0.05) is 5.21 Å². The van der Waals surface area contributed by atoms with Crippen molar-refractivity contribution in [2.24, 2.45) is 0 Å². The number of hydrogen-bond acceptors (Lipinski definition) is 6. The van der Waals surface area contributed by atoms with E-state index in [4.69, 9.17) is 16.7 Å². The molecule has 116 valence electrons. The zero-order valence-corrected chi connectivity index (χ0v) is 12.3. The highest BCUT2D eigenvalue weighted by Gasteiger charge is 2.37. The van der Waals surface area contributed by atoms with Gasteiger partial charge in [0.05, 0.1) is 35.0 Å². The molecule has 1 aromatic rings. The van der Waals surface area contributed by atoms with E-state index >= 15 is 0 Å². The van der Waals surface area contributed by atoms with Crippen molar-refractivity contribution >= 4 is 33.3 Å². The Hall–Kier alpha value is -1.68. The lowest BCUT2D eigenvalue weighted by atomic mass is 10.2. The van der Waals surface area contributed by atoms with E-state index in [0.717, 1.165) is 0 Å². The normalized spacial score (nSPS) is 23.9. The molecule has 0 saturated carbocycles. The lowest BCUT2D eigenvalue weighted by molar-refractivity contribution is -0.136. The van der Waals surface area contributed by atoms with Crippen molar-refractivity contribution in [1.82, 2.24) is 20.3 Å². The van der Waals surface area contributed by atoms with Crippen LogP contribution in [0.4, 0.5) is 0 Å². The highest BCUT2D eigenvalue weighted by Crippen LogP contribution is 2.17. The van der Waals surface area contributed by atoms with Crippen LogP contribution in [-0.4, -0.2) is 63.3 Å². The molecule has 0 spiro atoms. The minimum absolute atomic E-state index is 0.161. The highest BCUT2D eigenvalue weighted by molar-refractivity contribution is 7.91. The number of hydrogen-bond donors (Lipinski definition) is 2. The zero-order valence-electron chi connectivity index (χ0n) is 10.8. The molecule has 0 aromatic carbocycles. The Labute approximate surface area is 125 Å². The molecule has 2 rings (SSSR count). The molecule has 1 aliphatic heterocycles. The molecule has 1 fully saturated rings. The standard InChI is InChI=1S/C10H13ClN4O5S/c11-7-4-21(19,20)5-8(7)12-9(16)3-15-2-6(13-14-15)1-10(17)18/h2,7-8H,1,3-5H2,(H,12,16)(H,17,18). The summed E-state index contributed by atoms with van der Waals surface area (Å²) in [5.74, 6) is -1.86. The lowest BCUT2D eigenvalue weighted by Gasteiger charge is -2.13. The first-order valence-electron chi connectivity index (χ1n) is 6.00. The van der Waals surface area contributed by atoms with Crippen molar-refractivity contribution in [3.05, 3.63) is 11.9 Å². The molecule has 21 heavy (non-hydrogen) atoms. The topological polar surface area (TPSA) is 131 Å². The summed E-state index contributed by atoms with van der Waals surface area (Å²) in [6.07, 6.45) is 1.06. The maximum atomic E-state index is 11.8. The number of carbonyl (C=O) groups excluding carboxylic acids is 1. The Balaban J connectivity index is 1.90. The molecule has 0 radical (unpaired) electrons. The first kappa shape index (κ1) is 15.7. The fraction of sp³-hybridized carbons (Fsp3) is 0.600. The number of aromatic nitrogens is 3. The predicted octanol–water partition coefficient (Wildman–Crippen LogP) is -1.57. The number of carboxylic acids is 1. The summed E-state index contributed by atoms with van der Waals surface area (Å²) in [5, 5.41) is 17.7. The number of alkyl halides is 1. The first-order chi connectivity index (χ1) is 9.75. The average molecular weight is 337 g/mol. The number of amides is 1. The summed E-state index contributed by atoms with van der Waals surface area (Å²) in [4.78, 5) is 22.3. The van der Waals surface area contributed by atoms with Crippen LogP contribution in [-0.2, 0) is 32.4 Å². The Bertz CT molecular complexity index is 658. The number of sulfone groups is 1. The molecule has 2 unspecified atom stereocenters. The largest absolute Gasteiger partial charge is 0.481 e. The number of aliphatic carboxylic acids is 1. The minimum Gasteiger partial charge on any atom is -0.481 e. The fourth-order valence-electron chi connectivity index (χ4n) is 1.99. The zero-order chi connectivity index (χ0) is 15.6. The van der Waals surface area contributed by atoms with Gasteiger partial charge in [0.15, 0.2) is 9.84 Å². The van der Waals surface area contributed by atoms with Gasteiger partial charge in [0.1, 0.15) is 6.54 Å². The van der Waals surface area contributed by atoms with E-state index in [1.165, 1.54) is 10.9 Å². The second-order valence-electron chi connectivity index (χ2n) is 4.74. The van der Waals surface area contributed by atoms with Gasteiger partial charge in [-0.2, -0.15) is 0 Å². The maximum Gasteiger partial charge on any atom is 0.309 e. The number of nitrogens with one attached hydrogen (secondary N) is 1. The van der Waals surface area contributed by atoms with Crippen molar-refractivity contribution in [2.45, 2.75) is 24.4 Å². The van der Waals surface area contributed by atoms with E-state index in [0.29, 0.717) is 0 Å². The van der Waals surface area contributed by atoms with E-state index in [-0.39, 0.29) is 30.2 Å². The van der Waals surface area contributed by atoms with Crippen LogP contribution in [0.1, 0.15) is 5.69 Å². The van der Waals surface area contributed by atoms with Gasteiger partial charge in [-0.25, -0.2) is 13.1 Å². The Morgan fingerprint density at radius 3 is 2.76 bits per heavy atom. The molecule has 2 heterocycles. The van der Waals surface area contributed by atoms with Crippen LogP contribution in [0.2, 0.25) is 0 Å². The summed E-state index contributed by atoms with van der Waals surface area (Å²) >= 11 is 5.88. The molecule has 1 aromatic heterocycles. The summed E-state index contributed by atoms with van der Waals surface area (Å²) in [7, 11) is -3.22. The minimum atomic E-state index is -3.22. The number of carbonyl (C=O) groups is 2. The van der Waals surface area contributed by atoms with Crippen molar-refractivity contribution in [3.63, 3.8) is 0 Å². The average Bonchev–Trinajstić information content (AvgIpc) is 2.82. The monoisotopic (exact) mass is 336 g/mol. The van der Waals surface area contributed by atoms with Crippen LogP contribution in [0, 0.1) is 0 Å². The number of halogens is 1. The Kier molecular flexibility index (Phi) is 4.47. The summed E-state index contributed by atoms with van der Waals surface area (Å²) in [6.45, 7) is -0.188. The number of carboxylic acid groups (broad SMARTS) is 1. The smallest absolute Gasteiger partial charge is 0.309 e. The highest BCUT2D eigenvalue weighted by atomic mass is 35.5. The Morgan fingerprint density at radius 1 is 1.48 bits per heavy atom. The van der Waals surface area contributed by atoms with Crippen LogP contribution < -0.4 is 5.32 Å². The summed E-state index contributed by atoms with van der Waals surface area (Å²) in [6, 6.07) is -0.633. The molecular weight excluding hydrogens is 324 g/mol. The molecule has 9 nitrogen and oxygen atoms in total. The Morgan fingerprint density at radius 2 is 2.19 bits per heavy atom. The third-order valence-electron chi connectivity index (χ3n) is 2.85. The number of rotatable bonds is 5. The van der Waals surface area contributed by atoms with Crippen LogP contribution in [0.5, 0.6) is 0 Å². The quantitative estimate of drug-likeness (QED) is 0.620. The molecule has 2 N–H and O–H groups in total. The van der Waals surface area contributed by atoms with Crippen molar-refractivity contribution in [3.8, 4) is 0 Å². The van der Waals surface area contributed by atoms with Gasteiger partial charge < -0.3 is 10.4 Å². The van der Waals surface area contributed by atoms with Gasteiger partial charge in [-0.15, -0.1) is 16.7 Å². The predicted molar refractivity (Wildman–Crippen MR) is 71.6 cm³/mol. The molecule has 11 heteroatoms. The van der Waals surface area contributed by atoms with Gasteiger partial charge >= 0.3 is 5.97 Å². The third-order valence-corrected chi connectivity index (χ3v) is 5.23. The van der Waals surface area contributed by atoms with Crippen LogP contribution >= 0.6 is 11.6 Å². The van der Waals surface area contributed by atoms with Crippen LogP contribution in [0.25, 0.3) is 0 Å². The second-order valence-corrected chi connectivity index (χ2v) is 7.46. The SMILES string of the molecule is O=C(O)Cc1cn(CC(=O)NC2CS(=O)(=O)CC2Cl)nn1. The fourth-order valence-corrected chi connectivity index (χ4v) is 4.54. The van der Waals surface area contributed by atoms with Gasteiger partial charge in [-0.3, -0.25) is 9.59 Å².